The number of amides is 1. The predicted octanol–water partition coefficient (Wildman–Crippen LogP) is 5.32. The minimum Gasteiger partial charge on any atom is -0.488 e. The van der Waals surface area contributed by atoms with Gasteiger partial charge in [0, 0.05) is 26.2 Å². The fourth-order valence-corrected chi connectivity index (χ4v) is 4.14. The molecule has 3 rings (SSSR count). The van der Waals surface area contributed by atoms with Gasteiger partial charge in [-0.1, -0.05) is 42.5 Å². The second kappa shape index (κ2) is 16.2. The minimum atomic E-state index is -0.898. The largest absolute Gasteiger partial charge is 0.488 e. The maximum absolute atomic E-state index is 12.6. The van der Waals surface area contributed by atoms with Gasteiger partial charge >= 0.3 is 12.1 Å². The van der Waals surface area contributed by atoms with Crippen molar-refractivity contribution in [1.29, 1.82) is 0 Å². The minimum absolute atomic E-state index is 0.0825. The van der Waals surface area contributed by atoms with Crippen LogP contribution < -0.4 is 14.8 Å². The van der Waals surface area contributed by atoms with E-state index in [2.05, 4.69) is 22.3 Å². The Morgan fingerprint density at radius 2 is 1.73 bits per heavy atom. The van der Waals surface area contributed by atoms with E-state index in [-0.39, 0.29) is 6.29 Å². The molecule has 1 aliphatic heterocycles. The number of carbonyl (C=O) groups is 2. The van der Waals surface area contributed by atoms with Gasteiger partial charge in [-0.25, -0.2) is 9.59 Å². The summed E-state index contributed by atoms with van der Waals surface area (Å²) in [5.41, 5.74) is 0.555. The molecular formula is C31H44N2O7. The second-order valence-electron chi connectivity index (χ2n) is 10.9. The van der Waals surface area contributed by atoms with Gasteiger partial charge in [-0.3, -0.25) is 4.90 Å². The molecule has 1 saturated heterocycles. The normalized spacial score (nSPS) is 16.3. The first-order valence-electron chi connectivity index (χ1n) is 14.1. The lowest BCUT2D eigenvalue weighted by atomic mass is 10.2. The van der Waals surface area contributed by atoms with Crippen molar-refractivity contribution in [2.75, 3.05) is 32.9 Å². The van der Waals surface area contributed by atoms with Crippen molar-refractivity contribution in [2.24, 2.45) is 0 Å². The number of rotatable bonds is 14. The molecule has 1 aliphatic rings. The third kappa shape index (κ3) is 11.9. The topological polar surface area (TPSA) is 95.6 Å². The number of nitrogens with zero attached hydrogens (tertiary/aromatic N) is 1. The van der Waals surface area contributed by atoms with Crippen molar-refractivity contribution in [3.8, 4) is 11.5 Å². The third-order valence-corrected chi connectivity index (χ3v) is 6.12. The molecule has 1 fully saturated rings. The second-order valence-corrected chi connectivity index (χ2v) is 10.9. The number of carbonyl (C=O) groups excluding carboxylic acids is 2. The van der Waals surface area contributed by atoms with Crippen LogP contribution in [0.2, 0.25) is 0 Å². The molecule has 1 amide bonds. The molecule has 0 radical (unpaired) electrons. The average molecular weight is 557 g/mol. The molecule has 9 heteroatoms. The molecule has 2 unspecified atom stereocenters. The molecule has 40 heavy (non-hydrogen) atoms. The maximum atomic E-state index is 12.6. The fraction of sp³-hybridized carbons (Fsp3) is 0.548. The Balaban J connectivity index is 1.50. The highest BCUT2D eigenvalue weighted by Gasteiger charge is 2.23. The summed E-state index contributed by atoms with van der Waals surface area (Å²) in [5, 5.41) is 2.50. The molecule has 1 heterocycles. The summed E-state index contributed by atoms with van der Waals surface area (Å²) in [6, 6.07) is 16.4. The average Bonchev–Trinajstić information content (AvgIpc) is 2.92. The highest BCUT2D eigenvalue weighted by atomic mass is 16.7. The van der Waals surface area contributed by atoms with Gasteiger partial charge in [0.1, 0.15) is 18.2 Å². The molecule has 0 saturated carbocycles. The summed E-state index contributed by atoms with van der Waals surface area (Å²) < 4.78 is 28.4. The van der Waals surface area contributed by atoms with Crippen LogP contribution in [0.25, 0.3) is 0 Å². The van der Waals surface area contributed by atoms with Crippen molar-refractivity contribution >= 4 is 12.1 Å². The highest BCUT2D eigenvalue weighted by molar-refractivity contribution is 5.83. The van der Waals surface area contributed by atoms with Crippen LogP contribution in [0, 0.1) is 0 Å². The van der Waals surface area contributed by atoms with Crippen molar-refractivity contribution in [3.63, 3.8) is 0 Å². The molecule has 0 bridgehead atoms. The Labute approximate surface area is 238 Å². The SMILES string of the molecule is CC(NC(=O)OC(C)(C)C)C(=O)Oc1ccccc1OCCN(CCCOC1CCCCO1)Cc1ccccc1. The van der Waals surface area contributed by atoms with Crippen LogP contribution in [0.5, 0.6) is 11.5 Å². The Morgan fingerprint density at radius 3 is 2.42 bits per heavy atom. The predicted molar refractivity (Wildman–Crippen MR) is 152 cm³/mol. The number of esters is 1. The first-order valence-corrected chi connectivity index (χ1v) is 14.1. The van der Waals surface area contributed by atoms with Crippen LogP contribution in [0.3, 0.4) is 0 Å². The lowest BCUT2D eigenvalue weighted by Crippen LogP contribution is -2.43. The number of para-hydroxylation sites is 2. The van der Waals surface area contributed by atoms with E-state index in [0.29, 0.717) is 31.3 Å². The smallest absolute Gasteiger partial charge is 0.408 e. The Hall–Kier alpha value is -3.14. The van der Waals surface area contributed by atoms with Crippen LogP contribution in [0.15, 0.2) is 54.6 Å². The van der Waals surface area contributed by atoms with Crippen molar-refractivity contribution < 1.29 is 33.3 Å². The molecule has 1 N–H and O–H groups in total. The summed E-state index contributed by atoms with van der Waals surface area (Å²) in [7, 11) is 0. The summed E-state index contributed by atoms with van der Waals surface area (Å²) in [5.74, 6) is 0.133. The van der Waals surface area contributed by atoms with E-state index in [1.165, 1.54) is 5.56 Å². The van der Waals surface area contributed by atoms with Gasteiger partial charge in [-0.15, -0.1) is 0 Å². The first kappa shape index (κ1) is 31.4. The molecule has 0 aromatic heterocycles. The molecule has 9 nitrogen and oxygen atoms in total. The van der Waals surface area contributed by atoms with Crippen LogP contribution in [-0.4, -0.2) is 67.8 Å². The van der Waals surface area contributed by atoms with Gasteiger partial charge in [0.2, 0.25) is 0 Å². The molecule has 0 aliphatic carbocycles. The zero-order chi connectivity index (χ0) is 28.8. The van der Waals surface area contributed by atoms with E-state index in [1.54, 1.807) is 45.9 Å². The summed E-state index contributed by atoms with van der Waals surface area (Å²) in [6.45, 7) is 10.9. The Bertz CT molecular complexity index is 1040. The molecule has 2 atom stereocenters. The van der Waals surface area contributed by atoms with Gasteiger partial charge < -0.3 is 29.0 Å². The van der Waals surface area contributed by atoms with Crippen LogP contribution in [-0.2, 0) is 25.5 Å². The van der Waals surface area contributed by atoms with Gasteiger partial charge in [-0.2, -0.15) is 0 Å². The van der Waals surface area contributed by atoms with Crippen LogP contribution >= 0.6 is 0 Å². The molecule has 2 aromatic carbocycles. The summed E-state index contributed by atoms with van der Waals surface area (Å²) >= 11 is 0. The lowest BCUT2D eigenvalue weighted by Gasteiger charge is -2.25. The summed E-state index contributed by atoms with van der Waals surface area (Å²) in [4.78, 5) is 27.0. The van der Waals surface area contributed by atoms with Crippen molar-refractivity contribution in [3.05, 3.63) is 60.2 Å². The zero-order valence-electron chi connectivity index (χ0n) is 24.2. The number of alkyl carbamates (subject to hydrolysis) is 1. The first-order chi connectivity index (χ1) is 19.2. The van der Waals surface area contributed by atoms with Crippen LogP contribution in [0.4, 0.5) is 4.79 Å². The van der Waals surface area contributed by atoms with E-state index in [0.717, 1.165) is 45.4 Å². The summed E-state index contributed by atoms with van der Waals surface area (Å²) in [6.07, 6.45) is 3.33. The van der Waals surface area contributed by atoms with E-state index < -0.39 is 23.7 Å². The highest BCUT2D eigenvalue weighted by Crippen LogP contribution is 2.27. The standard InChI is InChI=1S/C31H44N2O7/c1-24(32-30(35)40-31(2,3)4)29(34)39-27-16-9-8-15-26(27)36-22-19-33(23-25-13-6-5-7-14-25)18-12-21-38-28-17-10-11-20-37-28/h5-9,13-16,24,28H,10-12,17-23H2,1-4H3,(H,32,35). The molecular weight excluding hydrogens is 512 g/mol. The Kier molecular flexibility index (Phi) is 12.7. The molecule has 0 spiro atoms. The van der Waals surface area contributed by atoms with Crippen LogP contribution in [0.1, 0.15) is 58.9 Å². The van der Waals surface area contributed by atoms with Gasteiger partial charge in [0.05, 0.1) is 6.61 Å². The number of benzene rings is 2. The molecule has 2 aromatic rings. The Morgan fingerprint density at radius 1 is 1.00 bits per heavy atom. The van der Waals surface area contributed by atoms with Gasteiger partial charge in [0.25, 0.3) is 0 Å². The number of ether oxygens (including phenoxy) is 5. The number of hydrogen-bond acceptors (Lipinski definition) is 8. The van der Waals surface area contributed by atoms with Gasteiger partial charge in [-0.05, 0) is 71.1 Å². The van der Waals surface area contributed by atoms with E-state index in [9.17, 15) is 9.59 Å². The molecule has 220 valence electrons. The maximum Gasteiger partial charge on any atom is 0.408 e. The monoisotopic (exact) mass is 556 g/mol. The van der Waals surface area contributed by atoms with Crippen molar-refractivity contribution in [2.45, 2.75) is 77.9 Å². The number of nitrogens with one attached hydrogen (secondary N) is 1. The van der Waals surface area contributed by atoms with E-state index in [1.807, 2.05) is 24.3 Å². The van der Waals surface area contributed by atoms with E-state index >= 15 is 0 Å². The van der Waals surface area contributed by atoms with Crippen molar-refractivity contribution in [1.82, 2.24) is 10.2 Å². The fourth-order valence-electron chi connectivity index (χ4n) is 4.14. The third-order valence-electron chi connectivity index (χ3n) is 6.12. The van der Waals surface area contributed by atoms with Gasteiger partial charge in [0.15, 0.2) is 17.8 Å². The quantitative estimate of drug-likeness (QED) is 0.190. The lowest BCUT2D eigenvalue weighted by molar-refractivity contribution is -0.163. The van der Waals surface area contributed by atoms with E-state index in [4.69, 9.17) is 23.7 Å². The number of hydrogen-bond donors (Lipinski definition) is 1. The zero-order valence-corrected chi connectivity index (χ0v) is 24.2.